The Bertz CT molecular complexity index is 458. The predicted molar refractivity (Wildman–Crippen MR) is 86.0 cm³/mol. The normalized spacial score (nSPS) is 16.3. The number of rotatable bonds is 6. The molecule has 0 aliphatic carbocycles. The third-order valence-corrected chi connectivity index (χ3v) is 3.91. The second-order valence-corrected chi connectivity index (χ2v) is 5.37. The van der Waals surface area contributed by atoms with E-state index in [-0.39, 0.29) is 6.61 Å². The van der Waals surface area contributed by atoms with Gasteiger partial charge in [0.25, 0.3) is 0 Å². The minimum absolute atomic E-state index is 0.233. The first-order valence-corrected chi connectivity index (χ1v) is 7.89. The van der Waals surface area contributed by atoms with Crippen LogP contribution in [0, 0.1) is 6.92 Å². The molecule has 1 aromatic rings. The number of hydrogen-bond donors (Lipinski definition) is 2. The van der Waals surface area contributed by atoms with E-state index in [0.717, 1.165) is 68.7 Å². The molecule has 0 saturated carbocycles. The molecule has 6 heteroatoms. The minimum Gasteiger partial charge on any atom is -0.395 e. The van der Waals surface area contributed by atoms with Crippen molar-refractivity contribution >= 4 is 11.6 Å². The van der Waals surface area contributed by atoms with Gasteiger partial charge in [-0.3, -0.25) is 4.90 Å². The van der Waals surface area contributed by atoms with Crippen LogP contribution in [0.1, 0.15) is 25.2 Å². The maximum absolute atomic E-state index is 9.03. The Morgan fingerprint density at radius 2 is 1.86 bits per heavy atom. The van der Waals surface area contributed by atoms with E-state index >= 15 is 0 Å². The van der Waals surface area contributed by atoms with Crippen LogP contribution in [0.4, 0.5) is 11.6 Å². The SMILES string of the molecule is CCNc1nc(CC)nc(N2CCN(CCO)CC2)c1C. The largest absolute Gasteiger partial charge is 0.395 e. The summed E-state index contributed by atoms with van der Waals surface area (Å²) in [7, 11) is 0. The van der Waals surface area contributed by atoms with Crippen molar-refractivity contribution in [3.8, 4) is 0 Å². The van der Waals surface area contributed by atoms with Crippen molar-refractivity contribution in [1.29, 1.82) is 0 Å². The first-order valence-electron chi connectivity index (χ1n) is 7.89. The molecule has 0 radical (unpaired) electrons. The highest BCUT2D eigenvalue weighted by Gasteiger charge is 2.21. The minimum atomic E-state index is 0.233. The van der Waals surface area contributed by atoms with Gasteiger partial charge in [-0.05, 0) is 13.8 Å². The number of aliphatic hydroxyl groups excluding tert-OH is 1. The number of hydrogen-bond acceptors (Lipinski definition) is 6. The van der Waals surface area contributed by atoms with E-state index in [1.54, 1.807) is 0 Å². The van der Waals surface area contributed by atoms with E-state index in [9.17, 15) is 0 Å². The number of nitrogens with one attached hydrogen (secondary N) is 1. The molecule has 0 atom stereocenters. The summed E-state index contributed by atoms with van der Waals surface area (Å²) < 4.78 is 0. The van der Waals surface area contributed by atoms with Gasteiger partial charge in [0.15, 0.2) is 0 Å². The lowest BCUT2D eigenvalue weighted by Crippen LogP contribution is -2.47. The quantitative estimate of drug-likeness (QED) is 0.812. The van der Waals surface area contributed by atoms with Gasteiger partial charge in [0, 0.05) is 51.3 Å². The van der Waals surface area contributed by atoms with Crippen LogP contribution in [0.15, 0.2) is 0 Å². The molecule has 118 valence electrons. The zero-order valence-corrected chi connectivity index (χ0v) is 13.4. The van der Waals surface area contributed by atoms with E-state index in [1.165, 1.54) is 0 Å². The fourth-order valence-electron chi connectivity index (χ4n) is 2.68. The number of aryl methyl sites for hydroxylation is 1. The number of nitrogens with zero attached hydrogens (tertiary/aromatic N) is 4. The molecule has 21 heavy (non-hydrogen) atoms. The fraction of sp³-hybridized carbons (Fsp3) is 0.733. The molecule has 1 aromatic heterocycles. The van der Waals surface area contributed by atoms with Gasteiger partial charge in [-0.25, -0.2) is 9.97 Å². The smallest absolute Gasteiger partial charge is 0.137 e. The van der Waals surface area contributed by atoms with Crippen molar-refractivity contribution in [2.45, 2.75) is 27.2 Å². The number of aromatic nitrogens is 2. The van der Waals surface area contributed by atoms with Crippen LogP contribution in [0.5, 0.6) is 0 Å². The van der Waals surface area contributed by atoms with Crippen molar-refractivity contribution in [3.05, 3.63) is 11.4 Å². The highest BCUT2D eigenvalue weighted by molar-refractivity contribution is 5.59. The monoisotopic (exact) mass is 293 g/mol. The lowest BCUT2D eigenvalue weighted by Gasteiger charge is -2.36. The lowest BCUT2D eigenvalue weighted by atomic mass is 10.2. The lowest BCUT2D eigenvalue weighted by molar-refractivity contribution is 0.188. The Morgan fingerprint density at radius 3 is 2.43 bits per heavy atom. The fourth-order valence-corrected chi connectivity index (χ4v) is 2.68. The molecule has 2 rings (SSSR count). The van der Waals surface area contributed by atoms with Crippen LogP contribution in [0.25, 0.3) is 0 Å². The third-order valence-electron chi connectivity index (χ3n) is 3.91. The highest BCUT2D eigenvalue weighted by atomic mass is 16.3. The molecule has 0 amide bonds. The summed E-state index contributed by atoms with van der Waals surface area (Å²) in [6.07, 6.45) is 0.843. The molecule has 0 spiro atoms. The van der Waals surface area contributed by atoms with Gasteiger partial charge in [0.1, 0.15) is 17.5 Å². The molecule has 0 bridgehead atoms. The molecule has 1 aliphatic rings. The first-order chi connectivity index (χ1) is 10.2. The maximum atomic E-state index is 9.03. The van der Waals surface area contributed by atoms with Gasteiger partial charge in [-0.1, -0.05) is 6.92 Å². The summed E-state index contributed by atoms with van der Waals surface area (Å²) in [5.74, 6) is 2.91. The van der Waals surface area contributed by atoms with Gasteiger partial charge in [0.2, 0.25) is 0 Å². The number of anilines is 2. The summed E-state index contributed by atoms with van der Waals surface area (Å²) in [4.78, 5) is 14.0. The zero-order chi connectivity index (χ0) is 15.2. The van der Waals surface area contributed by atoms with Crippen LogP contribution < -0.4 is 10.2 Å². The highest BCUT2D eigenvalue weighted by Crippen LogP contribution is 2.24. The number of β-amino-alcohol motifs (C(OH)–C–C–N with tert-alkyl or cyclic N) is 1. The summed E-state index contributed by atoms with van der Waals surface area (Å²) in [5.41, 5.74) is 1.13. The predicted octanol–water partition coefficient (Wildman–Crippen LogP) is 0.894. The third kappa shape index (κ3) is 3.83. The standard InChI is InChI=1S/C15H27N5O/c1-4-13-17-14(16-5-2)12(3)15(18-13)20-8-6-19(7-9-20)10-11-21/h21H,4-11H2,1-3H3,(H,16,17,18). The molecule has 2 N–H and O–H groups in total. The van der Waals surface area contributed by atoms with Crippen molar-refractivity contribution in [2.75, 3.05) is 56.1 Å². The van der Waals surface area contributed by atoms with Gasteiger partial charge >= 0.3 is 0 Å². The Morgan fingerprint density at radius 1 is 1.14 bits per heavy atom. The molecule has 0 unspecified atom stereocenters. The summed E-state index contributed by atoms with van der Waals surface area (Å²) in [6.45, 7) is 12.0. The second kappa shape index (κ2) is 7.56. The van der Waals surface area contributed by atoms with Crippen LogP contribution in [0.3, 0.4) is 0 Å². The average molecular weight is 293 g/mol. The Labute approximate surface area is 127 Å². The van der Waals surface area contributed by atoms with Gasteiger partial charge in [-0.15, -0.1) is 0 Å². The van der Waals surface area contributed by atoms with Crippen molar-refractivity contribution in [1.82, 2.24) is 14.9 Å². The first kappa shape index (κ1) is 16.0. The topological polar surface area (TPSA) is 64.5 Å². The molecule has 1 saturated heterocycles. The molecule has 1 aliphatic heterocycles. The molecular weight excluding hydrogens is 266 g/mol. The maximum Gasteiger partial charge on any atom is 0.137 e. The summed E-state index contributed by atoms with van der Waals surface area (Å²) >= 11 is 0. The van der Waals surface area contributed by atoms with Crippen molar-refractivity contribution < 1.29 is 5.11 Å². The molecular formula is C15H27N5O. The molecule has 0 aromatic carbocycles. The van der Waals surface area contributed by atoms with Gasteiger partial charge in [-0.2, -0.15) is 0 Å². The summed E-state index contributed by atoms with van der Waals surface area (Å²) in [5, 5.41) is 12.4. The summed E-state index contributed by atoms with van der Waals surface area (Å²) in [6, 6.07) is 0. The zero-order valence-electron chi connectivity index (χ0n) is 13.4. The van der Waals surface area contributed by atoms with Crippen LogP contribution in [-0.2, 0) is 6.42 Å². The van der Waals surface area contributed by atoms with Crippen molar-refractivity contribution in [2.24, 2.45) is 0 Å². The van der Waals surface area contributed by atoms with Crippen molar-refractivity contribution in [3.63, 3.8) is 0 Å². The number of piperazine rings is 1. The van der Waals surface area contributed by atoms with Gasteiger partial charge < -0.3 is 15.3 Å². The van der Waals surface area contributed by atoms with E-state index in [0.29, 0.717) is 0 Å². The molecule has 1 fully saturated rings. The van der Waals surface area contributed by atoms with E-state index in [2.05, 4.69) is 40.9 Å². The van der Waals surface area contributed by atoms with Crippen LogP contribution in [0.2, 0.25) is 0 Å². The number of aliphatic hydroxyl groups is 1. The molecule has 6 nitrogen and oxygen atoms in total. The Hall–Kier alpha value is -1.40. The Kier molecular flexibility index (Phi) is 5.76. The van der Waals surface area contributed by atoms with E-state index in [1.807, 2.05) is 0 Å². The van der Waals surface area contributed by atoms with Gasteiger partial charge in [0.05, 0.1) is 6.61 Å². The van der Waals surface area contributed by atoms with Crippen LogP contribution >= 0.6 is 0 Å². The van der Waals surface area contributed by atoms with Crippen LogP contribution in [-0.4, -0.2) is 65.8 Å². The second-order valence-electron chi connectivity index (χ2n) is 5.37. The van der Waals surface area contributed by atoms with E-state index in [4.69, 9.17) is 10.1 Å². The Balaban J connectivity index is 2.17. The average Bonchev–Trinajstić information content (AvgIpc) is 2.51. The molecule has 2 heterocycles. The van der Waals surface area contributed by atoms with E-state index < -0.39 is 0 Å².